The van der Waals surface area contributed by atoms with Gasteiger partial charge in [0.15, 0.2) is 0 Å². The Morgan fingerprint density at radius 2 is 2.33 bits per heavy atom. The molecular weight excluding hydrogens is 278 g/mol. The highest BCUT2D eigenvalue weighted by molar-refractivity contribution is 9.10. The Morgan fingerprint density at radius 1 is 1.60 bits per heavy atom. The molecule has 0 bridgehead atoms. The van der Waals surface area contributed by atoms with E-state index in [4.69, 9.17) is 5.73 Å². The number of esters is 1. The van der Waals surface area contributed by atoms with Gasteiger partial charge in [-0.2, -0.15) is 0 Å². The van der Waals surface area contributed by atoms with Gasteiger partial charge in [-0.25, -0.2) is 0 Å². The summed E-state index contributed by atoms with van der Waals surface area (Å²) in [5.41, 5.74) is 6.57. The van der Waals surface area contributed by atoms with Gasteiger partial charge in [0.25, 0.3) is 0 Å². The van der Waals surface area contributed by atoms with Crippen molar-refractivity contribution in [3.05, 3.63) is 28.2 Å². The van der Waals surface area contributed by atoms with Crippen molar-refractivity contribution >= 4 is 33.7 Å². The summed E-state index contributed by atoms with van der Waals surface area (Å²) in [7, 11) is 1.38. The number of carbonyl (C=O) groups excluding carboxylic acids is 1. The predicted octanol–water partition coefficient (Wildman–Crippen LogP) is 2.17. The van der Waals surface area contributed by atoms with Crippen LogP contribution < -0.4 is 5.73 Å². The molecule has 3 nitrogen and oxygen atoms in total. The third-order valence-electron chi connectivity index (χ3n) is 1.81. The molecular formula is C10H12BrNO2S. The molecule has 0 fully saturated rings. The molecule has 0 unspecified atom stereocenters. The minimum absolute atomic E-state index is 0.227. The van der Waals surface area contributed by atoms with E-state index in [0.717, 1.165) is 14.9 Å². The zero-order valence-corrected chi connectivity index (χ0v) is 10.7. The van der Waals surface area contributed by atoms with E-state index in [-0.39, 0.29) is 5.97 Å². The number of nitrogens with two attached hydrogens (primary N) is 1. The Morgan fingerprint density at radius 3 is 2.87 bits per heavy atom. The van der Waals surface area contributed by atoms with Gasteiger partial charge in [0.2, 0.25) is 0 Å². The maximum absolute atomic E-state index is 10.9. The van der Waals surface area contributed by atoms with E-state index in [9.17, 15) is 4.79 Å². The molecule has 0 heterocycles. The molecule has 0 spiro atoms. The van der Waals surface area contributed by atoms with E-state index in [0.29, 0.717) is 12.3 Å². The van der Waals surface area contributed by atoms with Crippen molar-refractivity contribution in [1.29, 1.82) is 0 Å². The number of carbonyl (C=O) groups is 1. The topological polar surface area (TPSA) is 52.3 Å². The molecule has 0 aromatic heterocycles. The number of benzene rings is 1. The van der Waals surface area contributed by atoms with Crippen LogP contribution in [0.15, 0.2) is 27.6 Å². The highest BCUT2D eigenvalue weighted by atomic mass is 79.9. The monoisotopic (exact) mass is 289 g/mol. The molecule has 0 amide bonds. The van der Waals surface area contributed by atoms with Gasteiger partial charge in [-0.3, -0.25) is 4.79 Å². The molecule has 0 atom stereocenters. The second-order valence-electron chi connectivity index (χ2n) is 2.83. The van der Waals surface area contributed by atoms with Gasteiger partial charge in [-0.1, -0.05) is 6.07 Å². The van der Waals surface area contributed by atoms with E-state index in [2.05, 4.69) is 20.7 Å². The van der Waals surface area contributed by atoms with Crippen LogP contribution in [-0.2, 0) is 16.1 Å². The SMILES string of the molecule is COC(=O)CSc1ccc(CN)cc1Br. The Hall–Kier alpha value is -0.520. The first-order valence-corrected chi connectivity index (χ1v) is 6.13. The summed E-state index contributed by atoms with van der Waals surface area (Å²) in [6, 6.07) is 5.85. The van der Waals surface area contributed by atoms with Crippen LogP contribution in [0.4, 0.5) is 0 Å². The quantitative estimate of drug-likeness (QED) is 0.682. The predicted molar refractivity (Wildman–Crippen MR) is 64.8 cm³/mol. The van der Waals surface area contributed by atoms with Gasteiger partial charge in [0.05, 0.1) is 12.9 Å². The van der Waals surface area contributed by atoms with E-state index in [1.165, 1.54) is 18.9 Å². The van der Waals surface area contributed by atoms with Crippen molar-refractivity contribution in [2.24, 2.45) is 5.73 Å². The van der Waals surface area contributed by atoms with Gasteiger partial charge >= 0.3 is 5.97 Å². The number of hydrogen-bond acceptors (Lipinski definition) is 4. The third kappa shape index (κ3) is 3.85. The van der Waals surface area contributed by atoms with Crippen LogP contribution in [-0.4, -0.2) is 18.8 Å². The molecule has 1 aromatic carbocycles. The van der Waals surface area contributed by atoms with Crippen LogP contribution in [0.2, 0.25) is 0 Å². The van der Waals surface area contributed by atoms with Crippen LogP contribution in [0.25, 0.3) is 0 Å². The van der Waals surface area contributed by atoms with E-state index < -0.39 is 0 Å². The van der Waals surface area contributed by atoms with Crippen LogP contribution in [0, 0.1) is 0 Å². The van der Waals surface area contributed by atoms with Crippen molar-refractivity contribution in [3.8, 4) is 0 Å². The molecule has 1 rings (SSSR count). The number of halogens is 1. The summed E-state index contributed by atoms with van der Waals surface area (Å²) in [6.45, 7) is 0.514. The molecule has 0 radical (unpaired) electrons. The molecule has 5 heteroatoms. The molecule has 0 saturated heterocycles. The Kier molecular flexibility index (Phi) is 5.14. The lowest BCUT2D eigenvalue weighted by molar-refractivity contribution is -0.137. The smallest absolute Gasteiger partial charge is 0.315 e. The van der Waals surface area contributed by atoms with Crippen LogP contribution in [0.5, 0.6) is 0 Å². The number of rotatable bonds is 4. The van der Waals surface area contributed by atoms with Gasteiger partial charge < -0.3 is 10.5 Å². The molecule has 0 saturated carbocycles. The van der Waals surface area contributed by atoms with E-state index >= 15 is 0 Å². The van der Waals surface area contributed by atoms with Crippen molar-refractivity contribution in [2.75, 3.05) is 12.9 Å². The number of methoxy groups -OCH3 is 1. The molecule has 15 heavy (non-hydrogen) atoms. The zero-order valence-electron chi connectivity index (χ0n) is 8.33. The summed E-state index contributed by atoms with van der Waals surface area (Å²) in [4.78, 5) is 12.0. The lowest BCUT2D eigenvalue weighted by atomic mass is 10.2. The van der Waals surface area contributed by atoms with Crippen LogP contribution >= 0.6 is 27.7 Å². The minimum Gasteiger partial charge on any atom is -0.468 e. The molecule has 0 aliphatic heterocycles. The number of hydrogen-bond donors (Lipinski definition) is 1. The Balaban J connectivity index is 2.66. The van der Waals surface area contributed by atoms with Crippen molar-refractivity contribution in [3.63, 3.8) is 0 Å². The Bertz CT molecular complexity index is 357. The summed E-state index contributed by atoms with van der Waals surface area (Å²) in [5, 5.41) is 0. The van der Waals surface area contributed by atoms with Gasteiger partial charge in [0, 0.05) is 15.9 Å². The summed E-state index contributed by atoms with van der Waals surface area (Å²) < 4.78 is 5.52. The average molecular weight is 290 g/mol. The first-order chi connectivity index (χ1) is 7.17. The van der Waals surface area contributed by atoms with Gasteiger partial charge in [-0.05, 0) is 33.6 Å². The van der Waals surface area contributed by atoms with Crippen LogP contribution in [0.3, 0.4) is 0 Å². The van der Waals surface area contributed by atoms with Crippen molar-refractivity contribution < 1.29 is 9.53 Å². The van der Waals surface area contributed by atoms with Crippen molar-refractivity contribution in [1.82, 2.24) is 0 Å². The standard InChI is InChI=1S/C10H12BrNO2S/c1-14-10(13)6-15-9-3-2-7(5-12)4-8(9)11/h2-4H,5-6,12H2,1H3. The lowest BCUT2D eigenvalue weighted by Gasteiger charge is -2.05. The fourth-order valence-electron chi connectivity index (χ4n) is 0.984. The van der Waals surface area contributed by atoms with Gasteiger partial charge in [-0.15, -0.1) is 11.8 Å². The second kappa shape index (κ2) is 6.15. The highest BCUT2D eigenvalue weighted by Gasteiger charge is 2.05. The summed E-state index contributed by atoms with van der Waals surface area (Å²) >= 11 is 4.87. The second-order valence-corrected chi connectivity index (χ2v) is 4.71. The van der Waals surface area contributed by atoms with Crippen LogP contribution in [0.1, 0.15) is 5.56 Å². The molecule has 0 aliphatic rings. The zero-order chi connectivity index (χ0) is 11.3. The third-order valence-corrected chi connectivity index (χ3v) is 3.77. The molecule has 82 valence electrons. The van der Waals surface area contributed by atoms with Crippen molar-refractivity contribution in [2.45, 2.75) is 11.4 Å². The fourth-order valence-corrected chi connectivity index (χ4v) is 2.51. The molecule has 2 N–H and O–H groups in total. The summed E-state index contributed by atoms with van der Waals surface area (Å²) in [6.07, 6.45) is 0. The Labute approximate surface area is 101 Å². The van der Waals surface area contributed by atoms with E-state index in [1.807, 2.05) is 18.2 Å². The lowest BCUT2D eigenvalue weighted by Crippen LogP contribution is -2.03. The first kappa shape index (κ1) is 12.5. The van der Waals surface area contributed by atoms with E-state index in [1.54, 1.807) is 0 Å². The number of thioether (sulfide) groups is 1. The minimum atomic E-state index is -0.227. The maximum Gasteiger partial charge on any atom is 0.315 e. The maximum atomic E-state index is 10.9. The molecule has 1 aromatic rings. The first-order valence-electron chi connectivity index (χ1n) is 4.35. The normalized spacial score (nSPS) is 10.1. The highest BCUT2D eigenvalue weighted by Crippen LogP contribution is 2.28. The average Bonchev–Trinajstić information content (AvgIpc) is 2.26. The fraction of sp³-hybridized carbons (Fsp3) is 0.300. The largest absolute Gasteiger partial charge is 0.468 e. The molecule has 0 aliphatic carbocycles. The van der Waals surface area contributed by atoms with Gasteiger partial charge in [0.1, 0.15) is 0 Å². The summed E-state index contributed by atoms with van der Waals surface area (Å²) in [5.74, 6) is 0.0895. The number of ether oxygens (including phenoxy) is 1.